The molecule has 0 amide bonds. The molecule has 2 saturated heterocycles. The van der Waals surface area contributed by atoms with Crippen molar-refractivity contribution in [2.24, 2.45) is 0 Å². The molecule has 6 heteroatoms. The molecule has 1 N–H and O–H groups in total. The third-order valence-corrected chi connectivity index (χ3v) is 5.76. The number of rotatable bonds is 6. The van der Waals surface area contributed by atoms with E-state index in [0.29, 0.717) is 19.0 Å². The predicted octanol–water partition coefficient (Wildman–Crippen LogP) is 0.264. The molecule has 2 aliphatic heterocycles. The Hall–Kier alpha value is -0.170. The molecule has 0 bridgehead atoms. The van der Waals surface area contributed by atoms with E-state index in [1.165, 1.54) is 19.3 Å². The van der Waals surface area contributed by atoms with Crippen LogP contribution in [0.2, 0.25) is 0 Å². The van der Waals surface area contributed by atoms with Gasteiger partial charge in [-0.15, -0.1) is 0 Å². The molecule has 2 rings (SSSR count). The van der Waals surface area contributed by atoms with Crippen molar-refractivity contribution < 1.29 is 13.2 Å². The SMILES string of the molecule is CCOCCN[C@@H]1CS(=O)(=O)C[C@@H]1N1CCCCC1. The second-order valence-electron chi connectivity index (χ2n) is 5.50. The molecule has 112 valence electrons. The number of sulfone groups is 1. The van der Waals surface area contributed by atoms with Crippen LogP contribution in [-0.2, 0) is 14.6 Å². The third-order valence-electron chi connectivity index (χ3n) is 4.04. The van der Waals surface area contributed by atoms with Crippen LogP contribution >= 0.6 is 0 Å². The highest BCUT2D eigenvalue weighted by Crippen LogP contribution is 2.22. The van der Waals surface area contributed by atoms with Gasteiger partial charge in [-0.05, 0) is 32.9 Å². The van der Waals surface area contributed by atoms with E-state index >= 15 is 0 Å². The maximum atomic E-state index is 11.9. The van der Waals surface area contributed by atoms with E-state index < -0.39 is 9.84 Å². The summed E-state index contributed by atoms with van der Waals surface area (Å²) in [5.41, 5.74) is 0. The van der Waals surface area contributed by atoms with Crippen molar-refractivity contribution in [3.05, 3.63) is 0 Å². The molecule has 0 saturated carbocycles. The zero-order chi connectivity index (χ0) is 13.7. The molecule has 0 aromatic rings. The maximum absolute atomic E-state index is 11.9. The van der Waals surface area contributed by atoms with E-state index in [0.717, 1.165) is 19.6 Å². The second-order valence-corrected chi connectivity index (χ2v) is 7.65. The van der Waals surface area contributed by atoms with Crippen molar-refractivity contribution in [3.63, 3.8) is 0 Å². The van der Waals surface area contributed by atoms with E-state index in [-0.39, 0.29) is 17.8 Å². The first-order valence-corrected chi connectivity index (χ1v) is 9.20. The topological polar surface area (TPSA) is 58.6 Å². The molecule has 0 radical (unpaired) electrons. The van der Waals surface area contributed by atoms with Crippen LogP contribution in [0.15, 0.2) is 0 Å². The van der Waals surface area contributed by atoms with Crippen LogP contribution in [0, 0.1) is 0 Å². The Bertz CT molecular complexity index is 366. The molecular formula is C13H26N2O3S. The number of hydrogen-bond donors (Lipinski definition) is 1. The minimum Gasteiger partial charge on any atom is -0.380 e. The van der Waals surface area contributed by atoms with Gasteiger partial charge in [0, 0.05) is 25.2 Å². The van der Waals surface area contributed by atoms with E-state index in [1.54, 1.807) is 0 Å². The summed E-state index contributed by atoms with van der Waals surface area (Å²) in [6.45, 7) is 6.16. The number of ether oxygens (including phenoxy) is 1. The Morgan fingerprint density at radius 3 is 2.63 bits per heavy atom. The standard InChI is InChI=1S/C13H26N2O3S/c1-2-18-9-6-14-12-10-19(16,17)11-13(12)15-7-4-3-5-8-15/h12-14H,2-11H2,1H3/t12-,13+/m1/s1. The molecule has 0 unspecified atom stereocenters. The van der Waals surface area contributed by atoms with E-state index in [4.69, 9.17) is 4.74 Å². The van der Waals surface area contributed by atoms with Gasteiger partial charge in [0.25, 0.3) is 0 Å². The van der Waals surface area contributed by atoms with Gasteiger partial charge in [-0.25, -0.2) is 8.42 Å². The van der Waals surface area contributed by atoms with Crippen LogP contribution in [0.4, 0.5) is 0 Å². The van der Waals surface area contributed by atoms with Crippen LogP contribution in [0.5, 0.6) is 0 Å². The number of likely N-dealkylation sites (tertiary alicyclic amines) is 1. The Balaban J connectivity index is 1.89. The van der Waals surface area contributed by atoms with Gasteiger partial charge in [-0.1, -0.05) is 6.42 Å². The van der Waals surface area contributed by atoms with Crippen LogP contribution in [0.1, 0.15) is 26.2 Å². The molecule has 2 aliphatic rings. The van der Waals surface area contributed by atoms with Crippen molar-refractivity contribution in [3.8, 4) is 0 Å². The maximum Gasteiger partial charge on any atom is 0.153 e. The Kier molecular flexibility index (Phi) is 5.62. The molecule has 2 atom stereocenters. The fourth-order valence-electron chi connectivity index (χ4n) is 3.09. The van der Waals surface area contributed by atoms with Gasteiger partial charge >= 0.3 is 0 Å². The number of hydrogen-bond acceptors (Lipinski definition) is 5. The van der Waals surface area contributed by atoms with Gasteiger partial charge < -0.3 is 10.1 Å². The average Bonchev–Trinajstić information content (AvgIpc) is 2.71. The fraction of sp³-hybridized carbons (Fsp3) is 1.00. The van der Waals surface area contributed by atoms with Crippen molar-refractivity contribution in [2.75, 3.05) is 44.4 Å². The molecule has 19 heavy (non-hydrogen) atoms. The highest BCUT2D eigenvalue weighted by molar-refractivity contribution is 7.91. The van der Waals surface area contributed by atoms with Gasteiger partial charge in [0.2, 0.25) is 0 Å². The number of nitrogens with one attached hydrogen (secondary N) is 1. The lowest BCUT2D eigenvalue weighted by Crippen LogP contribution is -2.51. The zero-order valence-electron chi connectivity index (χ0n) is 11.8. The lowest BCUT2D eigenvalue weighted by atomic mass is 10.1. The fourth-order valence-corrected chi connectivity index (χ4v) is 5.08. The van der Waals surface area contributed by atoms with E-state index in [2.05, 4.69) is 10.2 Å². The monoisotopic (exact) mass is 290 g/mol. The summed E-state index contributed by atoms with van der Waals surface area (Å²) in [6, 6.07) is 0.232. The van der Waals surface area contributed by atoms with Crippen molar-refractivity contribution in [1.82, 2.24) is 10.2 Å². The lowest BCUT2D eigenvalue weighted by Gasteiger charge is -2.35. The molecule has 2 heterocycles. The first-order valence-electron chi connectivity index (χ1n) is 7.38. The Morgan fingerprint density at radius 2 is 1.95 bits per heavy atom. The first kappa shape index (κ1) is 15.2. The van der Waals surface area contributed by atoms with Crippen LogP contribution in [0.25, 0.3) is 0 Å². The minimum absolute atomic E-state index is 0.0727. The summed E-state index contributed by atoms with van der Waals surface area (Å²) in [5.74, 6) is 0.597. The van der Waals surface area contributed by atoms with Gasteiger partial charge in [0.15, 0.2) is 9.84 Å². The molecule has 0 aliphatic carbocycles. The summed E-state index contributed by atoms with van der Waals surface area (Å²) < 4.78 is 29.1. The lowest BCUT2D eigenvalue weighted by molar-refractivity contribution is 0.131. The van der Waals surface area contributed by atoms with Crippen LogP contribution in [-0.4, -0.2) is 69.8 Å². The van der Waals surface area contributed by atoms with Crippen molar-refractivity contribution in [2.45, 2.75) is 38.3 Å². The van der Waals surface area contributed by atoms with Crippen molar-refractivity contribution >= 4 is 9.84 Å². The highest BCUT2D eigenvalue weighted by Gasteiger charge is 2.40. The third kappa shape index (κ3) is 4.41. The summed E-state index contributed by atoms with van der Waals surface area (Å²) in [6.07, 6.45) is 3.67. The van der Waals surface area contributed by atoms with Crippen molar-refractivity contribution in [1.29, 1.82) is 0 Å². The van der Waals surface area contributed by atoms with Gasteiger partial charge in [-0.2, -0.15) is 0 Å². The van der Waals surface area contributed by atoms with Gasteiger partial charge in [0.05, 0.1) is 18.1 Å². The summed E-state index contributed by atoms with van der Waals surface area (Å²) in [7, 11) is -2.88. The smallest absolute Gasteiger partial charge is 0.153 e. The molecule has 0 spiro atoms. The summed E-state index contributed by atoms with van der Waals surface area (Å²) >= 11 is 0. The zero-order valence-corrected chi connectivity index (χ0v) is 12.6. The highest BCUT2D eigenvalue weighted by atomic mass is 32.2. The first-order chi connectivity index (χ1) is 9.12. The normalized spacial score (nSPS) is 31.6. The number of piperidine rings is 1. The predicted molar refractivity (Wildman–Crippen MR) is 76.1 cm³/mol. The van der Waals surface area contributed by atoms with E-state index in [9.17, 15) is 8.42 Å². The minimum atomic E-state index is -2.88. The van der Waals surface area contributed by atoms with Gasteiger partial charge in [-0.3, -0.25) is 4.90 Å². The summed E-state index contributed by atoms with van der Waals surface area (Å²) in [4.78, 5) is 2.37. The molecular weight excluding hydrogens is 264 g/mol. The molecule has 2 fully saturated rings. The molecule has 0 aromatic carbocycles. The molecule has 0 aromatic heterocycles. The van der Waals surface area contributed by atoms with Crippen LogP contribution < -0.4 is 5.32 Å². The quantitative estimate of drug-likeness (QED) is 0.711. The second kappa shape index (κ2) is 7.02. The van der Waals surface area contributed by atoms with E-state index in [1.807, 2.05) is 6.92 Å². The molecule has 5 nitrogen and oxygen atoms in total. The Labute approximate surface area is 116 Å². The largest absolute Gasteiger partial charge is 0.380 e. The Morgan fingerprint density at radius 1 is 1.21 bits per heavy atom. The van der Waals surface area contributed by atoms with Crippen LogP contribution in [0.3, 0.4) is 0 Å². The average molecular weight is 290 g/mol. The van der Waals surface area contributed by atoms with Gasteiger partial charge in [0.1, 0.15) is 0 Å². The number of nitrogens with zero attached hydrogens (tertiary/aromatic N) is 1. The summed E-state index contributed by atoms with van der Waals surface area (Å²) in [5, 5.41) is 3.37.